The molecule has 0 saturated carbocycles. The second kappa shape index (κ2) is 9.25. The smallest absolute Gasteiger partial charge is 0.363 e. The largest absolute Gasteiger partial charge is 0.416 e. The molecule has 2 heterocycles. The summed E-state index contributed by atoms with van der Waals surface area (Å²) in [5.74, 6) is 0.655. The van der Waals surface area contributed by atoms with Crippen LogP contribution in [0.25, 0.3) is 0 Å². The lowest BCUT2D eigenvalue weighted by atomic mass is 10.1. The summed E-state index contributed by atoms with van der Waals surface area (Å²) < 4.78 is 65.2. The summed E-state index contributed by atoms with van der Waals surface area (Å²) in [6.07, 6.45) is -1.02. The average molecular weight is 456 g/mol. The molecule has 0 saturated heterocycles. The molecule has 0 fully saturated rings. The molecule has 3 rings (SSSR count). The monoisotopic (exact) mass is 456 g/mol. The molecule has 1 aromatic heterocycles. The zero-order chi connectivity index (χ0) is 22.6. The van der Waals surface area contributed by atoms with Crippen LogP contribution >= 0.6 is 0 Å². The Morgan fingerprint density at radius 3 is 2.58 bits per heavy atom. The van der Waals surface area contributed by atoms with Crippen LogP contribution in [0.5, 0.6) is 0 Å². The molecule has 0 spiro atoms. The van der Waals surface area contributed by atoms with Gasteiger partial charge >= 0.3 is 6.18 Å². The van der Waals surface area contributed by atoms with Crippen molar-refractivity contribution in [3.63, 3.8) is 0 Å². The number of rotatable bonds is 7. The van der Waals surface area contributed by atoms with Crippen molar-refractivity contribution < 1.29 is 26.4 Å². The Morgan fingerprint density at radius 2 is 2.00 bits per heavy atom. The standard InChI is InChI=1S/C20H23F3N4O3S/c1-26(2)19-7-6-18(13-24-19)31(28,29)27-10-8-17(9-11-27)25-30-14-15-4-3-5-16(12-15)20(21,22)23/h3-8,12-13,25H,9-11,14H2,1-2H3. The highest BCUT2D eigenvalue weighted by atomic mass is 32.2. The highest BCUT2D eigenvalue weighted by Gasteiger charge is 2.30. The molecule has 1 aromatic carbocycles. The van der Waals surface area contributed by atoms with Crippen LogP contribution < -0.4 is 10.4 Å². The van der Waals surface area contributed by atoms with Gasteiger partial charge in [0.2, 0.25) is 10.0 Å². The van der Waals surface area contributed by atoms with Crippen LogP contribution in [0.15, 0.2) is 59.3 Å². The van der Waals surface area contributed by atoms with Gasteiger partial charge in [-0.3, -0.25) is 10.3 Å². The summed E-state index contributed by atoms with van der Waals surface area (Å²) in [7, 11) is -0.0475. The van der Waals surface area contributed by atoms with Gasteiger partial charge < -0.3 is 4.90 Å². The Bertz CT molecular complexity index is 1040. The van der Waals surface area contributed by atoms with Crippen molar-refractivity contribution in [3.8, 4) is 0 Å². The fraction of sp³-hybridized carbons (Fsp3) is 0.350. The number of nitrogens with zero attached hydrogens (tertiary/aromatic N) is 3. The lowest BCUT2D eigenvalue weighted by Crippen LogP contribution is -2.36. The molecule has 1 aliphatic rings. The topological polar surface area (TPSA) is 74.8 Å². The van der Waals surface area contributed by atoms with Gasteiger partial charge in [0.25, 0.3) is 0 Å². The third-order valence-electron chi connectivity index (χ3n) is 4.68. The first-order valence-corrected chi connectivity index (χ1v) is 10.9. The van der Waals surface area contributed by atoms with E-state index in [1.807, 2.05) is 14.1 Å². The van der Waals surface area contributed by atoms with Gasteiger partial charge in [-0.25, -0.2) is 13.4 Å². The number of aromatic nitrogens is 1. The van der Waals surface area contributed by atoms with E-state index in [4.69, 9.17) is 4.84 Å². The van der Waals surface area contributed by atoms with Crippen LogP contribution in [-0.4, -0.2) is 44.9 Å². The molecule has 1 N–H and O–H groups in total. The Kier molecular flexibility index (Phi) is 6.87. The zero-order valence-corrected chi connectivity index (χ0v) is 17.9. The van der Waals surface area contributed by atoms with Crippen molar-refractivity contribution in [1.82, 2.24) is 14.8 Å². The summed E-state index contributed by atoms with van der Waals surface area (Å²) in [4.78, 5) is 11.3. The summed E-state index contributed by atoms with van der Waals surface area (Å²) in [6, 6.07) is 8.05. The van der Waals surface area contributed by atoms with E-state index in [2.05, 4.69) is 10.5 Å². The lowest BCUT2D eigenvalue weighted by molar-refractivity contribution is -0.137. The molecule has 0 radical (unpaired) electrons. The minimum atomic E-state index is -4.41. The van der Waals surface area contributed by atoms with E-state index >= 15 is 0 Å². The van der Waals surface area contributed by atoms with E-state index < -0.39 is 21.8 Å². The van der Waals surface area contributed by atoms with Crippen molar-refractivity contribution >= 4 is 15.8 Å². The van der Waals surface area contributed by atoms with Crippen LogP contribution in [0.1, 0.15) is 17.5 Å². The molecule has 1 aliphatic heterocycles. The molecule has 7 nitrogen and oxygen atoms in total. The molecule has 0 aliphatic carbocycles. The van der Waals surface area contributed by atoms with E-state index in [1.54, 1.807) is 17.0 Å². The quantitative estimate of drug-likeness (QED) is 0.646. The van der Waals surface area contributed by atoms with E-state index in [-0.39, 0.29) is 24.6 Å². The second-order valence-electron chi connectivity index (χ2n) is 7.18. The van der Waals surface area contributed by atoms with Crippen LogP contribution in [0.2, 0.25) is 0 Å². The minimum Gasteiger partial charge on any atom is -0.363 e. The predicted molar refractivity (Wildman–Crippen MR) is 109 cm³/mol. The van der Waals surface area contributed by atoms with Gasteiger partial charge in [-0.1, -0.05) is 12.1 Å². The van der Waals surface area contributed by atoms with Crippen molar-refractivity contribution in [1.29, 1.82) is 0 Å². The molecular formula is C20H23F3N4O3S. The van der Waals surface area contributed by atoms with Gasteiger partial charge in [0.15, 0.2) is 0 Å². The Hall–Kier alpha value is -2.63. The number of halogens is 3. The third-order valence-corrected chi connectivity index (χ3v) is 6.53. The third kappa shape index (κ3) is 5.75. The maximum absolute atomic E-state index is 12.8. The first kappa shape index (κ1) is 23.0. The summed E-state index contributed by atoms with van der Waals surface area (Å²) in [5.41, 5.74) is 3.00. The summed E-state index contributed by atoms with van der Waals surface area (Å²) >= 11 is 0. The molecule has 11 heteroatoms. The fourth-order valence-corrected chi connectivity index (χ4v) is 4.28. The molecule has 31 heavy (non-hydrogen) atoms. The number of benzene rings is 1. The van der Waals surface area contributed by atoms with Gasteiger partial charge in [0, 0.05) is 45.5 Å². The summed E-state index contributed by atoms with van der Waals surface area (Å²) in [6.45, 7) is 0.323. The first-order chi connectivity index (χ1) is 14.6. The maximum atomic E-state index is 12.8. The number of alkyl halides is 3. The van der Waals surface area contributed by atoms with E-state index in [0.717, 1.165) is 12.1 Å². The van der Waals surface area contributed by atoms with Gasteiger partial charge in [-0.2, -0.15) is 17.5 Å². The minimum absolute atomic E-state index is 0.0623. The van der Waals surface area contributed by atoms with E-state index in [1.165, 1.54) is 28.7 Å². The predicted octanol–water partition coefficient (Wildman–Crippen LogP) is 3.17. The number of hydrogen-bond acceptors (Lipinski definition) is 6. The highest BCUT2D eigenvalue weighted by molar-refractivity contribution is 7.89. The second-order valence-corrected chi connectivity index (χ2v) is 9.12. The number of hydroxylamine groups is 1. The van der Waals surface area contributed by atoms with Crippen LogP contribution in [0, 0.1) is 0 Å². The lowest BCUT2D eigenvalue weighted by Gasteiger charge is -2.26. The van der Waals surface area contributed by atoms with Gasteiger partial charge in [-0.15, -0.1) is 0 Å². The normalized spacial score (nSPS) is 15.5. The van der Waals surface area contributed by atoms with Crippen LogP contribution in [-0.2, 0) is 27.6 Å². The Labute approximate surface area is 179 Å². The van der Waals surface area contributed by atoms with Crippen molar-refractivity contribution in [3.05, 3.63) is 65.5 Å². The Morgan fingerprint density at radius 1 is 1.23 bits per heavy atom. The molecule has 168 valence electrons. The molecule has 0 bridgehead atoms. The zero-order valence-electron chi connectivity index (χ0n) is 17.1. The Balaban J connectivity index is 1.55. The number of hydrogen-bond donors (Lipinski definition) is 1. The van der Waals surface area contributed by atoms with Crippen LogP contribution in [0.4, 0.5) is 19.0 Å². The number of nitrogens with one attached hydrogen (secondary N) is 1. The van der Waals surface area contributed by atoms with E-state index in [0.29, 0.717) is 23.5 Å². The average Bonchev–Trinajstić information content (AvgIpc) is 2.74. The highest BCUT2D eigenvalue weighted by Crippen LogP contribution is 2.29. The first-order valence-electron chi connectivity index (χ1n) is 9.44. The molecule has 0 amide bonds. The molecule has 2 aromatic rings. The van der Waals surface area contributed by atoms with Crippen molar-refractivity contribution in [2.45, 2.75) is 24.1 Å². The summed E-state index contributed by atoms with van der Waals surface area (Å²) in [5, 5.41) is 0. The number of sulfonamides is 1. The van der Waals surface area contributed by atoms with Crippen molar-refractivity contribution in [2.24, 2.45) is 0 Å². The van der Waals surface area contributed by atoms with Gasteiger partial charge in [0.1, 0.15) is 10.7 Å². The number of anilines is 1. The number of pyridine rings is 1. The van der Waals surface area contributed by atoms with Gasteiger partial charge in [-0.05, 0) is 35.9 Å². The molecule has 0 unspecified atom stereocenters. The maximum Gasteiger partial charge on any atom is 0.416 e. The SMILES string of the molecule is CN(C)c1ccc(S(=O)(=O)N2CC=C(NOCc3cccc(C(F)(F)F)c3)CC2)cn1. The van der Waals surface area contributed by atoms with Crippen LogP contribution in [0.3, 0.4) is 0 Å². The van der Waals surface area contributed by atoms with Crippen molar-refractivity contribution in [2.75, 3.05) is 32.1 Å². The van der Waals surface area contributed by atoms with Gasteiger partial charge in [0.05, 0.1) is 12.2 Å². The van der Waals surface area contributed by atoms with E-state index in [9.17, 15) is 21.6 Å². The molecular weight excluding hydrogens is 433 g/mol. The molecule has 0 atom stereocenters. The fourth-order valence-electron chi connectivity index (χ4n) is 2.95.